The molecule has 0 radical (unpaired) electrons. The zero-order valence-electron chi connectivity index (χ0n) is 7.98. The summed E-state index contributed by atoms with van der Waals surface area (Å²) < 4.78 is 27.4. The van der Waals surface area contributed by atoms with Crippen molar-refractivity contribution in [2.24, 2.45) is 0 Å². The van der Waals surface area contributed by atoms with Gasteiger partial charge in [-0.25, -0.2) is 8.78 Å². The van der Waals surface area contributed by atoms with E-state index >= 15 is 0 Å². The number of rotatable bonds is 1. The summed E-state index contributed by atoms with van der Waals surface area (Å²) in [5.41, 5.74) is 1.43. The molecule has 0 aromatic heterocycles. The molecule has 2 rings (SSSR count). The van der Waals surface area contributed by atoms with Gasteiger partial charge in [-0.05, 0) is 41.5 Å². The van der Waals surface area contributed by atoms with Crippen LogP contribution in [0.3, 0.4) is 0 Å². The van der Waals surface area contributed by atoms with Crippen molar-refractivity contribution in [3.8, 4) is 11.1 Å². The van der Waals surface area contributed by atoms with Crippen molar-refractivity contribution in [1.29, 1.82) is 0 Å². The molecular weight excluding hydrogens is 342 g/mol. The van der Waals surface area contributed by atoms with Crippen LogP contribution >= 0.6 is 31.9 Å². The molecule has 0 saturated heterocycles. The third-order valence-corrected chi connectivity index (χ3v) is 3.50. The normalized spacial score (nSPS) is 10.5. The summed E-state index contributed by atoms with van der Waals surface area (Å²) in [4.78, 5) is 0. The molecule has 0 spiro atoms. The van der Waals surface area contributed by atoms with Crippen LogP contribution in [-0.4, -0.2) is 0 Å². The van der Waals surface area contributed by atoms with Crippen molar-refractivity contribution < 1.29 is 8.78 Å². The lowest BCUT2D eigenvalue weighted by molar-refractivity contribution is 0.626. The van der Waals surface area contributed by atoms with Gasteiger partial charge in [-0.15, -0.1) is 0 Å². The zero-order valence-corrected chi connectivity index (χ0v) is 11.1. The first-order chi connectivity index (χ1) is 7.58. The van der Waals surface area contributed by atoms with E-state index in [2.05, 4.69) is 31.9 Å². The molecule has 0 bridgehead atoms. The van der Waals surface area contributed by atoms with Gasteiger partial charge in [0, 0.05) is 8.95 Å². The first-order valence-electron chi connectivity index (χ1n) is 4.48. The minimum atomic E-state index is -0.330. The molecule has 0 fully saturated rings. The molecule has 0 unspecified atom stereocenters. The van der Waals surface area contributed by atoms with Gasteiger partial charge in [0.25, 0.3) is 0 Å². The van der Waals surface area contributed by atoms with Crippen molar-refractivity contribution in [2.45, 2.75) is 0 Å². The summed E-state index contributed by atoms with van der Waals surface area (Å²) in [6, 6.07) is 8.70. The van der Waals surface area contributed by atoms with Gasteiger partial charge in [0.1, 0.15) is 11.6 Å². The lowest BCUT2D eigenvalue weighted by Crippen LogP contribution is -1.85. The predicted octanol–water partition coefficient (Wildman–Crippen LogP) is 5.16. The summed E-state index contributed by atoms with van der Waals surface area (Å²) in [6.07, 6.45) is 0. The van der Waals surface area contributed by atoms with Crippen LogP contribution in [0.4, 0.5) is 8.78 Å². The van der Waals surface area contributed by atoms with E-state index in [1.807, 2.05) is 0 Å². The van der Waals surface area contributed by atoms with E-state index in [1.165, 1.54) is 24.3 Å². The molecule has 2 aromatic rings. The molecule has 16 heavy (non-hydrogen) atoms. The molecule has 0 amide bonds. The third kappa shape index (κ3) is 2.33. The number of benzene rings is 2. The van der Waals surface area contributed by atoms with Gasteiger partial charge in [0.05, 0.1) is 0 Å². The highest BCUT2D eigenvalue weighted by molar-refractivity contribution is 9.11. The van der Waals surface area contributed by atoms with E-state index in [0.717, 1.165) is 10.0 Å². The fraction of sp³-hybridized carbons (Fsp3) is 0. The van der Waals surface area contributed by atoms with Gasteiger partial charge in [0.2, 0.25) is 0 Å². The summed E-state index contributed by atoms with van der Waals surface area (Å²) >= 11 is 6.60. The molecule has 0 N–H and O–H groups in total. The molecule has 0 aliphatic rings. The Labute approximate surface area is 109 Å². The van der Waals surface area contributed by atoms with Crippen LogP contribution in [0.25, 0.3) is 11.1 Å². The van der Waals surface area contributed by atoms with Crippen molar-refractivity contribution >= 4 is 31.9 Å². The fourth-order valence-corrected chi connectivity index (χ4v) is 2.44. The molecule has 0 heterocycles. The standard InChI is InChI=1S/C12H6Br2F2/c13-11-4-2-7(15)5-10(11)9-3-1-8(16)6-12(9)14/h1-6H. The molecule has 82 valence electrons. The molecule has 0 nitrogen and oxygen atoms in total. The molecule has 4 heteroatoms. The second kappa shape index (κ2) is 4.63. The Morgan fingerprint density at radius 3 is 2.00 bits per heavy atom. The van der Waals surface area contributed by atoms with Gasteiger partial charge in [-0.2, -0.15) is 0 Å². The number of hydrogen-bond acceptors (Lipinski definition) is 0. The molecule has 0 atom stereocenters. The van der Waals surface area contributed by atoms with Crippen molar-refractivity contribution in [1.82, 2.24) is 0 Å². The van der Waals surface area contributed by atoms with Gasteiger partial charge in [-0.1, -0.05) is 37.9 Å². The molecular formula is C12H6Br2F2. The number of halogens is 4. The Balaban J connectivity index is 2.62. The first kappa shape index (κ1) is 11.7. The van der Waals surface area contributed by atoms with Crippen LogP contribution < -0.4 is 0 Å². The Morgan fingerprint density at radius 1 is 0.688 bits per heavy atom. The van der Waals surface area contributed by atoms with Crippen molar-refractivity contribution in [2.75, 3.05) is 0 Å². The Bertz CT molecular complexity index is 539. The van der Waals surface area contributed by atoms with Gasteiger partial charge in [-0.3, -0.25) is 0 Å². The quantitative estimate of drug-likeness (QED) is 0.668. The lowest BCUT2D eigenvalue weighted by atomic mass is 10.1. The van der Waals surface area contributed by atoms with Crippen LogP contribution in [0.5, 0.6) is 0 Å². The maximum atomic E-state index is 13.1. The average molecular weight is 348 g/mol. The van der Waals surface area contributed by atoms with Crippen LogP contribution in [0.15, 0.2) is 45.3 Å². The van der Waals surface area contributed by atoms with Crippen molar-refractivity contribution in [3.05, 3.63) is 57.0 Å². The van der Waals surface area contributed by atoms with Crippen LogP contribution in [0, 0.1) is 11.6 Å². The van der Waals surface area contributed by atoms with Gasteiger partial charge >= 0.3 is 0 Å². The fourth-order valence-electron chi connectivity index (χ4n) is 1.41. The Hall–Kier alpha value is -0.740. The number of hydrogen-bond donors (Lipinski definition) is 0. The second-order valence-corrected chi connectivity index (χ2v) is 4.96. The minimum Gasteiger partial charge on any atom is -0.207 e. The zero-order chi connectivity index (χ0) is 11.7. The highest BCUT2D eigenvalue weighted by Gasteiger charge is 2.08. The maximum Gasteiger partial charge on any atom is 0.124 e. The largest absolute Gasteiger partial charge is 0.207 e. The second-order valence-electron chi connectivity index (χ2n) is 3.25. The minimum absolute atomic E-state index is 0.325. The molecule has 0 saturated carbocycles. The SMILES string of the molecule is Fc1ccc(-c2cc(F)ccc2Br)c(Br)c1. The summed E-state index contributed by atoms with van der Waals surface area (Å²) in [5.74, 6) is -0.655. The summed E-state index contributed by atoms with van der Waals surface area (Å²) in [7, 11) is 0. The van der Waals surface area contributed by atoms with Gasteiger partial charge < -0.3 is 0 Å². The monoisotopic (exact) mass is 346 g/mol. The first-order valence-corrected chi connectivity index (χ1v) is 6.07. The van der Waals surface area contributed by atoms with Crippen LogP contribution in [-0.2, 0) is 0 Å². The highest BCUT2D eigenvalue weighted by atomic mass is 79.9. The molecule has 0 aliphatic heterocycles. The van der Waals surface area contributed by atoms with E-state index in [-0.39, 0.29) is 11.6 Å². The Kier molecular flexibility index (Phi) is 3.40. The van der Waals surface area contributed by atoms with Crippen LogP contribution in [0.1, 0.15) is 0 Å². The van der Waals surface area contributed by atoms with E-state index in [0.29, 0.717) is 10.0 Å². The van der Waals surface area contributed by atoms with Crippen molar-refractivity contribution in [3.63, 3.8) is 0 Å². The smallest absolute Gasteiger partial charge is 0.124 e. The predicted molar refractivity (Wildman–Crippen MR) is 67.2 cm³/mol. The lowest BCUT2D eigenvalue weighted by Gasteiger charge is -2.07. The molecule has 2 aromatic carbocycles. The molecule has 0 aliphatic carbocycles. The Morgan fingerprint density at radius 2 is 1.31 bits per heavy atom. The van der Waals surface area contributed by atoms with Crippen LogP contribution in [0.2, 0.25) is 0 Å². The average Bonchev–Trinajstić information content (AvgIpc) is 2.22. The van der Waals surface area contributed by atoms with Gasteiger partial charge in [0.15, 0.2) is 0 Å². The topological polar surface area (TPSA) is 0 Å². The summed E-state index contributed by atoms with van der Waals surface area (Å²) in [6.45, 7) is 0. The third-order valence-electron chi connectivity index (χ3n) is 2.15. The maximum absolute atomic E-state index is 13.1. The highest BCUT2D eigenvalue weighted by Crippen LogP contribution is 2.34. The van der Waals surface area contributed by atoms with E-state index < -0.39 is 0 Å². The van der Waals surface area contributed by atoms with E-state index in [9.17, 15) is 8.78 Å². The summed E-state index contributed by atoms with van der Waals surface area (Å²) in [5, 5.41) is 0. The van der Waals surface area contributed by atoms with E-state index in [1.54, 1.807) is 12.1 Å². The van der Waals surface area contributed by atoms with E-state index in [4.69, 9.17) is 0 Å².